The molecule has 1 saturated carbocycles. The molecular formula is C12H17NO. The largest absolute Gasteiger partial charge is 0.494 e. The van der Waals surface area contributed by atoms with Crippen LogP contribution < -0.4 is 10.5 Å². The average Bonchev–Trinajstić information content (AvgIpc) is 3.01. The van der Waals surface area contributed by atoms with Crippen molar-refractivity contribution in [2.45, 2.75) is 25.8 Å². The summed E-state index contributed by atoms with van der Waals surface area (Å²) in [5.74, 6) is 1.63. The molecule has 2 nitrogen and oxygen atoms in total. The fourth-order valence-electron chi connectivity index (χ4n) is 1.75. The van der Waals surface area contributed by atoms with Crippen molar-refractivity contribution in [3.8, 4) is 5.75 Å². The van der Waals surface area contributed by atoms with E-state index in [-0.39, 0.29) is 6.04 Å². The van der Waals surface area contributed by atoms with Crippen LogP contribution in [0.5, 0.6) is 5.75 Å². The number of rotatable bonds is 4. The second kappa shape index (κ2) is 4.01. The van der Waals surface area contributed by atoms with E-state index in [1.807, 2.05) is 25.1 Å². The third-order valence-corrected chi connectivity index (χ3v) is 2.71. The molecule has 0 radical (unpaired) electrons. The van der Waals surface area contributed by atoms with E-state index in [1.54, 1.807) is 0 Å². The van der Waals surface area contributed by atoms with Gasteiger partial charge in [0.1, 0.15) is 5.75 Å². The minimum absolute atomic E-state index is 0.165. The van der Waals surface area contributed by atoms with Gasteiger partial charge in [-0.1, -0.05) is 18.2 Å². The Hall–Kier alpha value is -1.02. The van der Waals surface area contributed by atoms with Gasteiger partial charge in [-0.3, -0.25) is 0 Å². The summed E-state index contributed by atoms with van der Waals surface area (Å²) in [5.41, 5.74) is 7.32. The molecule has 1 fully saturated rings. The van der Waals surface area contributed by atoms with E-state index in [1.165, 1.54) is 12.8 Å². The fraction of sp³-hybridized carbons (Fsp3) is 0.500. The zero-order chi connectivity index (χ0) is 9.97. The smallest absolute Gasteiger partial charge is 0.124 e. The maximum atomic E-state index is 6.15. The molecule has 0 spiro atoms. The summed E-state index contributed by atoms with van der Waals surface area (Å²) >= 11 is 0. The van der Waals surface area contributed by atoms with Crippen LogP contribution in [0.2, 0.25) is 0 Å². The molecule has 0 unspecified atom stereocenters. The average molecular weight is 191 g/mol. The zero-order valence-corrected chi connectivity index (χ0v) is 8.57. The summed E-state index contributed by atoms with van der Waals surface area (Å²) in [6.07, 6.45) is 2.53. The molecule has 1 aliphatic rings. The SMILES string of the molecule is CCOc1ccccc1[C@H](N)C1CC1. The van der Waals surface area contributed by atoms with Gasteiger partial charge in [0.2, 0.25) is 0 Å². The van der Waals surface area contributed by atoms with Gasteiger partial charge in [-0.15, -0.1) is 0 Å². The van der Waals surface area contributed by atoms with E-state index in [0.717, 1.165) is 11.3 Å². The third-order valence-electron chi connectivity index (χ3n) is 2.71. The minimum Gasteiger partial charge on any atom is -0.494 e. The second-order valence-electron chi connectivity index (χ2n) is 3.83. The molecule has 2 heteroatoms. The van der Waals surface area contributed by atoms with E-state index in [4.69, 9.17) is 10.5 Å². The lowest BCUT2D eigenvalue weighted by molar-refractivity contribution is 0.333. The van der Waals surface area contributed by atoms with Crippen LogP contribution in [0.25, 0.3) is 0 Å². The maximum Gasteiger partial charge on any atom is 0.124 e. The van der Waals surface area contributed by atoms with Crippen molar-refractivity contribution in [3.63, 3.8) is 0 Å². The minimum atomic E-state index is 0.165. The molecule has 1 atom stereocenters. The Bertz CT molecular complexity index is 307. The van der Waals surface area contributed by atoms with Crippen molar-refractivity contribution in [2.75, 3.05) is 6.61 Å². The molecule has 76 valence electrons. The standard InChI is InChI=1S/C12H17NO/c1-2-14-11-6-4-3-5-10(11)12(13)9-7-8-9/h3-6,9,12H,2,7-8,13H2,1H3/t12-/m1/s1. The molecule has 0 amide bonds. The molecule has 0 saturated heterocycles. The van der Waals surface area contributed by atoms with Crippen LogP contribution in [0.15, 0.2) is 24.3 Å². The van der Waals surface area contributed by atoms with E-state index < -0.39 is 0 Å². The lowest BCUT2D eigenvalue weighted by atomic mass is 10.0. The normalized spacial score (nSPS) is 17.9. The molecule has 14 heavy (non-hydrogen) atoms. The number of nitrogens with two attached hydrogens (primary N) is 1. The van der Waals surface area contributed by atoms with Crippen molar-refractivity contribution >= 4 is 0 Å². The number of para-hydroxylation sites is 1. The molecule has 1 aromatic carbocycles. The fourth-order valence-corrected chi connectivity index (χ4v) is 1.75. The van der Waals surface area contributed by atoms with Gasteiger partial charge in [-0.25, -0.2) is 0 Å². The number of hydrogen-bond donors (Lipinski definition) is 1. The van der Waals surface area contributed by atoms with Crippen LogP contribution in [0.4, 0.5) is 0 Å². The van der Waals surface area contributed by atoms with Gasteiger partial charge >= 0.3 is 0 Å². The summed E-state index contributed by atoms with van der Waals surface area (Å²) in [7, 11) is 0. The van der Waals surface area contributed by atoms with Gasteiger partial charge in [0, 0.05) is 11.6 Å². The molecule has 0 aliphatic heterocycles. The zero-order valence-electron chi connectivity index (χ0n) is 8.57. The summed E-state index contributed by atoms with van der Waals surface area (Å²) in [4.78, 5) is 0. The number of ether oxygens (including phenoxy) is 1. The number of benzene rings is 1. The van der Waals surface area contributed by atoms with Crippen LogP contribution >= 0.6 is 0 Å². The van der Waals surface area contributed by atoms with Crippen LogP contribution in [0, 0.1) is 5.92 Å². The third kappa shape index (κ3) is 1.90. The Morgan fingerprint density at radius 2 is 2.14 bits per heavy atom. The quantitative estimate of drug-likeness (QED) is 0.793. The lowest BCUT2D eigenvalue weighted by Gasteiger charge is -2.15. The van der Waals surface area contributed by atoms with E-state index in [9.17, 15) is 0 Å². The van der Waals surface area contributed by atoms with Gasteiger partial charge in [0.15, 0.2) is 0 Å². The Balaban J connectivity index is 2.20. The molecule has 1 aromatic rings. The molecule has 2 N–H and O–H groups in total. The Morgan fingerprint density at radius 1 is 1.43 bits per heavy atom. The van der Waals surface area contributed by atoms with Crippen LogP contribution in [0.3, 0.4) is 0 Å². The van der Waals surface area contributed by atoms with Crippen LogP contribution in [-0.2, 0) is 0 Å². The van der Waals surface area contributed by atoms with Crippen molar-refractivity contribution in [3.05, 3.63) is 29.8 Å². The highest BCUT2D eigenvalue weighted by Crippen LogP contribution is 2.41. The van der Waals surface area contributed by atoms with Gasteiger partial charge in [0.25, 0.3) is 0 Å². The van der Waals surface area contributed by atoms with Gasteiger partial charge in [-0.05, 0) is 31.7 Å². The van der Waals surface area contributed by atoms with Crippen LogP contribution in [-0.4, -0.2) is 6.61 Å². The summed E-state index contributed by atoms with van der Waals surface area (Å²) in [6, 6.07) is 8.27. The predicted octanol–water partition coefficient (Wildman–Crippen LogP) is 2.50. The van der Waals surface area contributed by atoms with Gasteiger partial charge in [-0.2, -0.15) is 0 Å². The second-order valence-corrected chi connectivity index (χ2v) is 3.83. The molecule has 0 aromatic heterocycles. The Labute approximate surface area is 85.1 Å². The first-order valence-corrected chi connectivity index (χ1v) is 5.30. The molecule has 2 rings (SSSR count). The van der Waals surface area contributed by atoms with E-state index in [2.05, 4.69) is 6.07 Å². The monoisotopic (exact) mass is 191 g/mol. The highest BCUT2D eigenvalue weighted by Gasteiger charge is 2.30. The highest BCUT2D eigenvalue weighted by atomic mass is 16.5. The van der Waals surface area contributed by atoms with E-state index in [0.29, 0.717) is 12.5 Å². The number of hydrogen-bond acceptors (Lipinski definition) is 2. The maximum absolute atomic E-state index is 6.15. The Morgan fingerprint density at radius 3 is 2.79 bits per heavy atom. The summed E-state index contributed by atoms with van der Waals surface area (Å²) in [5, 5.41) is 0. The molecule has 0 bridgehead atoms. The van der Waals surface area contributed by atoms with Gasteiger partial charge in [0.05, 0.1) is 6.61 Å². The molecule has 0 heterocycles. The summed E-state index contributed by atoms with van der Waals surface area (Å²) in [6.45, 7) is 2.70. The van der Waals surface area contributed by atoms with E-state index >= 15 is 0 Å². The van der Waals surface area contributed by atoms with Crippen molar-refractivity contribution < 1.29 is 4.74 Å². The topological polar surface area (TPSA) is 35.2 Å². The highest BCUT2D eigenvalue weighted by molar-refractivity contribution is 5.36. The molecule has 1 aliphatic carbocycles. The summed E-state index contributed by atoms with van der Waals surface area (Å²) < 4.78 is 5.56. The van der Waals surface area contributed by atoms with Crippen molar-refractivity contribution in [1.29, 1.82) is 0 Å². The Kier molecular flexibility index (Phi) is 2.73. The van der Waals surface area contributed by atoms with Crippen molar-refractivity contribution in [2.24, 2.45) is 11.7 Å². The first-order valence-electron chi connectivity index (χ1n) is 5.30. The first kappa shape index (κ1) is 9.53. The lowest BCUT2D eigenvalue weighted by Crippen LogP contribution is -2.13. The first-order chi connectivity index (χ1) is 6.83. The van der Waals surface area contributed by atoms with Gasteiger partial charge < -0.3 is 10.5 Å². The molecular weight excluding hydrogens is 174 g/mol. The van der Waals surface area contributed by atoms with Crippen molar-refractivity contribution in [1.82, 2.24) is 0 Å². The predicted molar refractivity (Wildman–Crippen MR) is 57.3 cm³/mol. The van der Waals surface area contributed by atoms with Crippen LogP contribution in [0.1, 0.15) is 31.4 Å².